The molecule has 1 amide bonds. The number of pyridine rings is 1. The van der Waals surface area contributed by atoms with E-state index in [-0.39, 0.29) is 5.91 Å². The lowest BCUT2D eigenvalue weighted by molar-refractivity contribution is 0.0768. The Bertz CT molecular complexity index is 858. The van der Waals surface area contributed by atoms with E-state index in [2.05, 4.69) is 4.98 Å². The van der Waals surface area contributed by atoms with Crippen molar-refractivity contribution >= 4 is 23.2 Å². The molecule has 0 saturated carbocycles. The fourth-order valence-electron chi connectivity index (χ4n) is 2.38. The van der Waals surface area contributed by atoms with E-state index in [1.807, 2.05) is 29.5 Å². The highest BCUT2D eigenvalue weighted by atomic mass is 35.5. The summed E-state index contributed by atoms with van der Waals surface area (Å²) in [5, 5.41) is 0.664. The Labute approximate surface area is 145 Å². The van der Waals surface area contributed by atoms with Crippen molar-refractivity contribution in [2.45, 2.75) is 6.92 Å². The number of benzene rings is 1. The first kappa shape index (κ1) is 16.3. The molecule has 0 unspecified atom stereocenters. The van der Waals surface area contributed by atoms with E-state index < -0.39 is 0 Å². The molecule has 2 aromatic heterocycles. The second-order valence-corrected chi connectivity index (χ2v) is 5.99. The van der Waals surface area contributed by atoms with Gasteiger partial charge in [0.05, 0.1) is 6.54 Å². The molecule has 0 radical (unpaired) electrons. The molecule has 0 saturated heterocycles. The van der Waals surface area contributed by atoms with Crippen molar-refractivity contribution in [1.29, 1.82) is 0 Å². The van der Waals surface area contributed by atoms with E-state index in [9.17, 15) is 4.79 Å². The first-order chi connectivity index (χ1) is 11.5. The van der Waals surface area contributed by atoms with Gasteiger partial charge < -0.3 is 14.0 Å². The van der Waals surface area contributed by atoms with Crippen LogP contribution in [0.25, 0.3) is 5.65 Å². The highest BCUT2D eigenvalue weighted by Gasteiger charge is 2.16. The van der Waals surface area contributed by atoms with Crippen LogP contribution < -0.4 is 4.74 Å². The van der Waals surface area contributed by atoms with Crippen molar-refractivity contribution in [2.75, 3.05) is 20.2 Å². The standard InChI is InChI=1S/C18H18ClN3O2/c1-13-4-3-5-17-20-16(12-22(13)17)18(23)21(2)10-11-24-15-8-6-14(19)7-9-15/h3-9,12H,10-11H2,1-2H3. The van der Waals surface area contributed by atoms with Crippen LogP contribution in [0, 0.1) is 6.92 Å². The Hall–Kier alpha value is -2.53. The van der Waals surface area contributed by atoms with Crippen LogP contribution in [0.1, 0.15) is 16.2 Å². The van der Waals surface area contributed by atoms with Gasteiger partial charge in [-0.2, -0.15) is 0 Å². The number of rotatable bonds is 5. The van der Waals surface area contributed by atoms with Crippen LogP contribution in [0.2, 0.25) is 5.02 Å². The normalized spacial score (nSPS) is 10.8. The van der Waals surface area contributed by atoms with Gasteiger partial charge in [-0.05, 0) is 43.3 Å². The topological polar surface area (TPSA) is 46.8 Å². The highest BCUT2D eigenvalue weighted by molar-refractivity contribution is 6.30. The van der Waals surface area contributed by atoms with E-state index in [1.54, 1.807) is 42.4 Å². The molecule has 5 nitrogen and oxygen atoms in total. The van der Waals surface area contributed by atoms with Gasteiger partial charge in [-0.3, -0.25) is 4.79 Å². The van der Waals surface area contributed by atoms with Gasteiger partial charge in [0.15, 0.2) is 0 Å². The number of carbonyl (C=O) groups is 1. The molecule has 3 aromatic rings. The number of ether oxygens (including phenoxy) is 1. The fraction of sp³-hybridized carbons (Fsp3) is 0.222. The molecule has 2 heterocycles. The van der Waals surface area contributed by atoms with E-state index in [0.717, 1.165) is 17.1 Å². The molecule has 1 aromatic carbocycles. The largest absolute Gasteiger partial charge is 0.492 e. The average molecular weight is 344 g/mol. The van der Waals surface area contributed by atoms with Gasteiger partial charge in [-0.15, -0.1) is 0 Å². The van der Waals surface area contributed by atoms with E-state index in [4.69, 9.17) is 16.3 Å². The maximum Gasteiger partial charge on any atom is 0.273 e. The zero-order valence-corrected chi connectivity index (χ0v) is 14.3. The van der Waals surface area contributed by atoms with E-state index in [0.29, 0.717) is 23.9 Å². The lowest BCUT2D eigenvalue weighted by Crippen LogP contribution is -2.31. The van der Waals surface area contributed by atoms with Crippen LogP contribution >= 0.6 is 11.6 Å². The minimum absolute atomic E-state index is 0.127. The van der Waals surface area contributed by atoms with Crippen LogP contribution in [0.5, 0.6) is 5.75 Å². The Morgan fingerprint density at radius 3 is 2.71 bits per heavy atom. The maximum atomic E-state index is 12.5. The summed E-state index contributed by atoms with van der Waals surface area (Å²) in [6, 6.07) is 12.9. The number of fused-ring (bicyclic) bond motifs is 1. The molecule has 0 spiro atoms. The summed E-state index contributed by atoms with van der Waals surface area (Å²) in [6.07, 6.45) is 1.77. The zero-order chi connectivity index (χ0) is 17.1. The number of aromatic nitrogens is 2. The molecule has 0 N–H and O–H groups in total. The SMILES string of the molecule is Cc1cccc2nc(C(=O)N(C)CCOc3ccc(Cl)cc3)cn12. The quantitative estimate of drug-likeness (QED) is 0.713. The van der Waals surface area contributed by atoms with Crippen molar-refractivity contribution in [3.05, 3.63) is 65.1 Å². The van der Waals surface area contributed by atoms with Crippen LogP contribution in [-0.2, 0) is 0 Å². The smallest absolute Gasteiger partial charge is 0.273 e. The molecule has 0 fully saturated rings. The fourth-order valence-corrected chi connectivity index (χ4v) is 2.51. The number of imidazole rings is 1. The third-order valence-electron chi connectivity index (χ3n) is 3.77. The molecule has 0 aliphatic heterocycles. The number of aryl methyl sites for hydroxylation is 1. The third-order valence-corrected chi connectivity index (χ3v) is 4.02. The number of hydrogen-bond acceptors (Lipinski definition) is 3. The van der Waals surface area contributed by atoms with Crippen LogP contribution in [-0.4, -0.2) is 40.4 Å². The van der Waals surface area contributed by atoms with Gasteiger partial charge in [-0.25, -0.2) is 4.98 Å². The minimum atomic E-state index is -0.127. The van der Waals surface area contributed by atoms with Crippen molar-refractivity contribution < 1.29 is 9.53 Å². The second-order valence-electron chi connectivity index (χ2n) is 5.55. The zero-order valence-electron chi connectivity index (χ0n) is 13.6. The van der Waals surface area contributed by atoms with E-state index in [1.165, 1.54) is 0 Å². The summed E-state index contributed by atoms with van der Waals surface area (Å²) in [5.41, 5.74) is 2.23. The molecule has 124 valence electrons. The number of halogens is 1. The summed E-state index contributed by atoms with van der Waals surface area (Å²) in [6.45, 7) is 2.84. The predicted molar refractivity (Wildman–Crippen MR) is 93.8 cm³/mol. The first-order valence-corrected chi connectivity index (χ1v) is 8.01. The van der Waals surface area contributed by atoms with Crippen molar-refractivity contribution in [2.24, 2.45) is 0 Å². The van der Waals surface area contributed by atoms with Gasteiger partial charge in [0, 0.05) is 24.0 Å². The number of amides is 1. The molecule has 3 rings (SSSR count). The highest BCUT2D eigenvalue weighted by Crippen LogP contribution is 2.15. The number of nitrogens with zero attached hydrogens (tertiary/aromatic N) is 3. The summed E-state index contributed by atoms with van der Waals surface area (Å²) in [5.74, 6) is 0.599. The van der Waals surface area contributed by atoms with Crippen LogP contribution in [0.3, 0.4) is 0 Å². The number of hydrogen-bond donors (Lipinski definition) is 0. The van der Waals surface area contributed by atoms with Crippen molar-refractivity contribution in [1.82, 2.24) is 14.3 Å². The summed E-state index contributed by atoms with van der Waals surface area (Å²) in [7, 11) is 1.74. The summed E-state index contributed by atoms with van der Waals surface area (Å²) >= 11 is 5.83. The molecule has 0 bridgehead atoms. The molecule has 0 aliphatic rings. The molecular formula is C18H18ClN3O2. The summed E-state index contributed by atoms with van der Waals surface area (Å²) in [4.78, 5) is 18.5. The molecular weight excluding hydrogens is 326 g/mol. The first-order valence-electron chi connectivity index (χ1n) is 7.63. The molecule has 0 atom stereocenters. The molecule has 0 aliphatic carbocycles. The Balaban J connectivity index is 1.61. The Morgan fingerprint density at radius 2 is 2.00 bits per heavy atom. The second kappa shape index (κ2) is 6.93. The van der Waals surface area contributed by atoms with E-state index >= 15 is 0 Å². The monoisotopic (exact) mass is 343 g/mol. The molecule has 6 heteroatoms. The van der Waals surface area contributed by atoms with Gasteiger partial charge in [0.1, 0.15) is 23.7 Å². The maximum absolute atomic E-state index is 12.5. The lowest BCUT2D eigenvalue weighted by Gasteiger charge is -2.16. The average Bonchev–Trinajstić information content (AvgIpc) is 3.01. The molecule has 24 heavy (non-hydrogen) atoms. The van der Waals surface area contributed by atoms with Crippen molar-refractivity contribution in [3.8, 4) is 5.75 Å². The Kier molecular flexibility index (Phi) is 4.71. The van der Waals surface area contributed by atoms with Gasteiger partial charge >= 0.3 is 0 Å². The van der Waals surface area contributed by atoms with Gasteiger partial charge in [-0.1, -0.05) is 17.7 Å². The summed E-state index contributed by atoms with van der Waals surface area (Å²) < 4.78 is 7.53. The van der Waals surface area contributed by atoms with Crippen LogP contribution in [0.4, 0.5) is 0 Å². The van der Waals surface area contributed by atoms with Gasteiger partial charge in [0.2, 0.25) is 0 Å². The predicted octanol–water partition coefficient (Wildman–Crippen LogP) is 3.45. The third kappa shape index (κ3) is 3.51. The lowest BCUT2D eigenvalue weighted by atomic mass is 10.3. The van der Waals surface area contributed by atoms with Gasteiger partial charge in [0.25, 0.3) is 5.91 Å². The minimum Gasteiger partial charge on any atom is -0.492 e. The Morgan fingerprint density at radius 1 is 1.25 bits per heavy atom. The van der Waals surface area contributed by atoms with Crippen molar-refractivity contribution in [3.63, 3.8) is 0 Å². The number of likely N-dealkylation sites (N-methyl/N-ethyl adjacent to an activating group) is 1. The van der Waals surface area contributed by atoms with Crippen LogP contribution in [0.15, 0.2) is 48.7 Å². The number of carbonyl (C=O) groups excluding carboxylic acids is 1.